The van der Waals surface area contributed by atoms with Crippen LogP contribution in [0.1, 0.15) is 24.1 Å². The van der Waals surface area contributed by atoms with Crippen LogP contribution < -0.4 is 4.74 Å². The lowest BCUT2D eigenvalue weighted by Gasteiger charge is -2.36. The normalized spacial score (nSPS) is 22.7. The molecule has 1 atom stereocenters. The molecule has 3 aliphatic rings. The van der Waals surface area contributed by atoms with E-state index in [2.05, 4.69) is 27.3 Å². The Labute approximate surface area is 193 Å². The first-order chi connectivity index (χ1) is 15.6. The lowest BCUT2D eigenvalue weighted by Crippen LogP contribution is -2.49. The number of hydrogen-bond donors (Lipinski definition) is 0. The monoisotopic (exact) mass is 453 g/mol. The van der Waals surface area contributed by atoms with Crippen LogP contribution in [0.4, 0.5) is 0 Å². The summed E-state index contributed by atoms with van der Waals surface area (Å²) in [7, 11) is 0. The van der Waals surface area contributed by atoms with Crippen molar-refractivity contribution in [1.29, 1.82) is 0 Å². The molecule has 0 unspecified atom stereocenters. The van der Waals surface area contributed by atoms with E-state index in [1.165, 1.54) is 4.88 Å². The van der Waals surface area contributed by atoms with E-state index >= 15 is 0 Å². The highest BCUT2D eigenvalue weighted by Crippen LogP contribution is 2.60. The standard InChI is InChI=1S/C25H31N3O3S/c29-23(19-31-20-5-2-1-3-6-20)27-10-8-25(9-11-27)17-22(25)24(30)28-14-12-26(13-15-28)18-21-7-4-16-32-21/h1-7,16,22H,8-15,17-19H2/t22-/m0/s1. The van der Waals surface area contributed by atoms with Gasteiger partial charge in [0.25, 0.3) is 5.91 Å². The van der Waals surface area contributed by atoms with Crippen LogP contribution >= 0.6 is 11.3 Å². The second-order valence-corrected chi connectivity index (χ2v) is 10.3. The van der Waals surface area contributed by atoms with E-state index in [1.54, 1.807) is 11.3 Å². The van der Waals surface area contributed by atoms with Gasteiger partial charge in [-0.3, -0.25) is 14.5 Å². The Hall–Kier alpha value is -2.38. The van der Waals surface area contributed by atoms with E-state index in [4.69, 9.17) is 4.74 Å². The van der Waals surface area contributed by atoms with Crippen molar-refractivity contribution in [2.75, 3.05) is 45.9 Å². The largest absolute Gasteiger partial charge is 0.484 e. The van der Waals surface area contributed by atoms with Gasteiger partial charge >= 0.3 is 0 Å². The zero-order valence-corrected chi connectivity index (χ0v) is 19.3. The number of rotatable bonds is 6. The van der Waals surface area contributed by atoms with Gasteiger partial charge in [0.05, 0.1) is 0 Å². The average Bonchev–Trinajstić information content (AvgIpc) is 3.27. The fourth-order valence-corrected chi connectivity index (χ4v) is 5.92. The van der Waals surface area contributed by atoms with Gasteiger partial charge in [0.1, 0.15) is 5.75 Å². The summed E-state index contributed by atoms with van der Waals surface area (Å²) in [6.45, 7) is 6.10. The van der Waals surface area contributed by atoms with E-state index in [9.17, 15) is 9.59 Å². The van der Waals surface area contributed by atoms with Crippen LogP contribution in [0.5, 0.6) is 5.75 Å². The highest BCUT2D eigenvalue weighted by molar-refractivity contribution is 7.09. The van der Waals surface area contributed by atoms with Crippen LogP contribution in [0.2, 0.25) is 0 Å². The number of amides is 2. The van der Waals surface area contributed by atoms with Crippen molar-refractivity contribution in [3.63, 3.8) is 0 Å². The number of piperidine rings is 1. The molecule has 1 aromatic carbocycles. The second-order valence-electron chi connectivity index (χ2n) is 9.28. The van der Waals surface area contributed by atoms with E-state index in [0.29, 0.717) is 5.91 Å². The Morgan fingerprint density at radius 1 is 0.938 bits per heavy atom. The highest BCUT2D eigenvalue weighted by Gasteiger charge is 2.59. The third-order valence-corrected chi connectivity index (χ3v) is 8.21. The van der Waals surface area contributed by atoms with Crippen LogP contribution in [0, 0.1) is 11.3 Å². The molecule has 5 rings (SSSR count). The predicted octanol–water partition coefficient (Wildman–Crippen LogP) is 3.10. The van der Waals surface area contributed by atoms with Crippen molar-refractivity contribution in [3.8, 4) is 5.75 Å². The molecule has 2 aromatic rings. The molecule has 1 saturated carbocycles. The quantitative estimate of drug-likeness (QED) is 0.675. The van der Waals surface area contributed by atoms with Crippen molar-refractivity contribution in [2.24, 2.45) is 11.3 Å². The van der Waals surface area contributed by atoms with Crippen molar-refractivity contribution >= 4 is 23.2 Å². The molecular formula is C25H31N3O3S. The molecule has 3 heterocycles. The van der Waals surface area contributed by atoms with Crippen molar-refractivity contribution in [3.05, 3.63) is 52.7 Å². The third kappa shape index (κ3) is 4.69. The maximum Gasteiger partial charge on any atom is 0.260 e. The van der Waals surface area contributed by atoms with E-state index in [-0.39, 0.29) is 23.8 Å². The van der Waals surface area contributed by atoms with Crippen LogP contribution in [-0.4, -0.2) is 72.4 Å². The Kier molecular flexibility index (Phi) is 6.20. The second kappa shape index (κ2) is 9.24. The number of likely N-dealkylation sites (tertiary alicyclic amines) is 1. The molecule has 2 amide bonds. The number of benzene rings is 1. The summed E-state index contributed by atoms with van der Waals surface area (Å²) in [4.78, 5) is 33.5. The minimum Gasteiger partial charge on any atom is -0.484 e. The summed E-state index contributed by atoms with van der Waals surface area (Å²) >= 11 is 1.80. The van der Waals surface area contributed by atoms with Crippen LogP contribution in [0.3, 0.4) is 0 Å². The molecule has 6 nitrogen and oxygen atoms in total. The minimum absolute atomic E-state index is 0.0362. The first kappa shape index (κ1) is 21.5. The van der Waals surface area contributed by atoms with Gasteiger partial charge in [0.15, 0.2) is 6.61 Å². The molecule has 2 aliphatic heterocycles. The third-order valence-electron chi connectivity index (χ3n) is 7.35. The van der Waals surface area contributed by atoms with Crippen molar-refractivity contribution < 1.29 is 14.3 Å². The molecule has 0 N–H and O–H groups in total. The molecule has 0 radical (unpaired) electrons. The molecule has 2 saturated heterocycles. The van der Waals surface area contributed by atoms with Crippen molar-refractivity contribution in [2.45, 2.75) is 25.8 Å². The lowest BCUT2D eigenvalue weighted by molar-refractivity contribution is -0.136. The van der Waals surface area contributed by atoms with Crippen LogP contribution in [0.25, 0.3) is 0 Å². The number of para-hydroxylation sites is 1. The smallest absolute Gasteiger partial charge is 0.260 e. The number of hydrogen-bond acceptors (Lipinski definition) is 5. The van der Waals surface area contributed by atoms with Crippen molar-refractivity contribution in [1.82, 2.24) is 14.7 Å². The molecule has 170 valence electrons. The van der Waals surface area contributed by atoms with Gasteiger partial charge in [-0.1, -0.05) is 24.3 Å². The molecule has 32 heavy (non-hydrogen) atoms. The fourth-order valence-electron chi connectivity index (χ4n) is 5.17. The Morgan fingerprint density at radius 2 is 1.69 bits per heavy atom. The number of ether oxygens (including phenoxy) is 1. The Bertz CT molecular complexity index is 917. The molecule has 1 aromatic heterocycles. The molecule has 3 fully saturated rings. The first-order valence-corrected chi connectivity index (χ1v) is 12.5. The lowest BCUT2D eigenvalue weighted by atomic mass is 9.90. The average molecular weight is 454 g/mol. The van der Waals surface area contributed by atoms with Gasteiger partial charge in [-0.15, -0.1) is 11.3 Å². The summed E-state index contributed by atoms with van der Waals surface area (Å²) in [6.07, 6.45) is 2.85. The van der Waals surface area contributed by atoms with Gasteiger partial charge in [0.2, 0.25) is 5.91 Å². The Balaban J connectivity index is 1.05. The van der Waals surface area contributed by atoms with Gasteiger partial charge < -0.3 is 14.5 Å². The van der Waals surface area contributed by atoms with Crippen LogP contribution in [-0.2, 0) is 16.1 Å². The molecular weight excluding hydrogens is 422 g/mol. The maximum atomic E-state index is 13.1. The summed E-state index contributed by atoms with van der Waals surface area (Å²) < 4.78 is 5.61. The summed E-state index contributed by atoms with van der Waals surface area (Å²) in [5.41, 5.74) is 0.127. The number of carbonyl (C=O) groups is 2. The van der Waals surface area contributed by atoms with Gasteiger partial charge in [0, 0.05) is 56.6 Å². The van der Waals surface area contributed by atoms with E-state index in [0.717, 1.165) is 70.8 Å². The molecule has 7 heteroatoms. The van der Waals surface area contributed by atoms with E-state index < -0.39 is 0 Å². The first-order valence-electron chi connectivity index (χ1n) is 11.6. The topological polar surface area (TPSA) is 53.1 Å². The predicted molar refractivity (Wildman–Crippen MR) is 124 cm³/mol. The summed E-state index contributed by atoms with van der Waals surface area (Å²) in [6, 6.07) is 13.7. The number of nitrogens with zero attached hydrogens (tertiary/aromatic N) is 3. The molecule has 1 spiro atoms. The highest BCUT2D eigenvalue weighted by atomic mass is 32.1. The minimum atomic E-state index is 0.0362. The van der Waals surface area contributed by atoms with Gasteiger partial charge in [-0.2, -0.15) is 0 Å². The van der Waals surface area contributed by atoms with E-state index in [1.807, 2.05) is 35.2 Å². The zero-order chi connectivity index (χ0) is 22.0. The van der Waals surface area contributed by atoms with Crippen LogP contribution in [0.15, 0.2) is 47.8 Å². The SMILES string of the molecule is O=C(COc1ccccc1)N1CCC2(CC1)C[C@H]2C(=O)N1CCN(Cc2cccs2)CC1. The Morgan fingerprint density at radius 3 is 2.38 bits per heavy atom. The number of carbonyl (C=O) groups excluding carboxylic acids is 2. The number of thiophene rings is 1. The van der Waals surface area contributed by atoms with Gasteiger partial charge in [-0.25, -0.2) is 0 Å². The fraction of sp³-hybridized carbons (Fsp3) is 0.520. The summed E-state index contributed by atoms with van der Waals surface area (Å²) in [5, 5.41) is 2.12. The summed E-state index contributed by atoms with van der Waals surface area (Å²) in [5.74, 6) is 1.25. The number of piperazine rings is 1. The zero-order valence-electron chi connectivity index (χ0n) is 18.4. The molecule has 1 aliphatic carbocycles. The van der Waals surface area contributed by atoms with Gasteiger partial charge in [-0.05, 0) is 48.3 Å². The molecule has 0 bridgehead atoms. The maximum absolute atomic E-state index is 13.1.